The van der Waals surface area contributed by atoms with Gasteiger partial charge in [-0.25, -0.2) is 9.59 Å². The molecule has 1 heterocycles. The molecule has 1 fully saturated rings. The van der Waals surface area contributed by atoms with Crippen molar-refractivity contribution in [3.63, 3.8) is 0 Å². The van der Waals surface area contributed by atoms with Crippen molar-refractivity contribution in [2.75, 3.05) is 49.0 Å². The first kappa shape index (κ1) is 42.5. The average Bonchev–Trinajstić information content (AvgIpc) is 3.59. The molecule has 282 valence electrons. The Hall–Kier alpha value is -3.71. The van der Waals surface area contributed by atoms with Crippen LogP contribution in [0.5, 0.6) is 0 Å². The van der Waals surface area contributed by atoms with Gasteiger partial charge in [0.15, 0.2) is 0 Å². The fraction of sp³-hybridized carbons (Fsp3) is 0.703. The number of likely N-dealkylation sites (N-methyl/N-ethyl adjacent to an activating group) is 1. The molecule has 0 aliphatic carbocycles. The number of nitrogens with zero attached hydrogens (tertiary/aromatic N) is 3. The van der Waals surface area contributed by atoms with Crippen LogP contribution in [0.4, 0.5) is 4.79 Å². The fourth-order valence-electron chi connectivity index (χ4n) is 6.79. The zero-order chi connectivity index (χ0) is 37.7. The Balaban J connectivity index is 2.26. The number of ether oxygens (including phenoxy) is 3. The number of hydrogen-bond acceptors (Lipinski definition) is 8. The van der Waals surface area contributed by atoms with Gasteiger partial charge in [-0.2, -0.15) is 0 Å². The molecule has 1 aliphatic heterocycles. The summed E-state index contributed by atoms with van der Waals surface area (Å²) in [6.07, 6.45) is 1.10. The maximum atomic E-state index is 14.1. The van der Waals surface area contributed by atoms with Gasteiger partial charge in [-0.05, 0) is 30.2 Å². The zero-order valence-corrected chi connectivity index (χ0v) is 31.9. The van der Waals surface area contributed by atoms with E-state index >= 15 is 0 Å². The number of amides is 5. The van der Waals surface area contributed by atoms with Crippen LogP contribution in [0.2, 0.25) is 0 Å². The molecule has 1 saturated heterocycles. The molecule has 13 heteroatoms. The van der Waals surface area contributed by atoms with Gasteiger partial charge in [0, 0.05) is 48.3 Å². The van der Waals surface area contributed by atoms with Gasteiger partial charge in [0.25, 0.3) is 0 Å². The number of esters is 1. The molecule has 2 rings (SSSR count). The molecule has 0 bridgehead atoms. The minimum absolute atomic E-state index is 0.00846. The van der Waals surface area contributed by atoms with Crippen molar-refractivity contribution in [3.8, 4) is 0 Å². The lowest BCUT2D eigenvalue weighted by molar-refractivity contribution is -0.148. The van der Waals surface area contributed by atoms with Crippen molar-refractivity contribution in [2.45, 2.75) is 103 Å². The molecule has 0 saturated carbocycles. The van der Waals surface area contributed by atoms with Crippen molar-refractivity contribution < 1.29 is 38.2 Å². The number of rotatable bonds is 18. The van der Waals surface area contributed by atoms with Crippen molar-refractivity contribution >= 4 is 29.7 Å². The Kier molecular flexibility index (Phi) is 17.2. The van der Waals surface area contributed by atoms with Crippen LogP contribution in [-0.4, -0.2) is 130 Å². The Bertz CT molecular complexity index is 1260. The summed E-state index contributed by atoms with van der Waals surface area (Å²) < 4.78 is 16.8. The average molecular weight is 704 g/mol. The second-order valence-corrected chi connectivity index (χ2v) is 13.9. The van der Waals surface area contributed by atoms with E-state index in [0.717, 1.165) is 18.4 Å². The summed E-state index contributed by atoms with van der Waals surface area (Å²) in [5.74, 6) is -2.25. The van der Waals surface area contributed by atoms with E-state index in [-0.39, 0.29) is 54.5 Å². The lowest BCUT2D eigenvalue weighted by atomic mass is 9.89. The predicted octanol–water partition coefficient (Wildman–Crippen LogP) is 3.10. The molecule has 8 atom stereocenters. The van der Waals surface area contributed by atoms with Gasteiger partial charge in [-0.1, -0.05) is 71.4 Å². The molecule has 1 aliphatic rings. The lowest BCUT2D eigenvalue weighted by Crippen LogP contribution is -2.58. The normalized spacial score (nSPS) is 18.6. The van der Waals surface area contributed by atoms with Crippen LogP contribution >= 0.6 is 0 Å². The third-order valence-electron chi connectivity index (χ3n) is 9.96. The van der Waals surface area contributed by atoms with E-state index in [1.54, 1.807) is 45.0 Å². The summed E-state index contributed by atoms with van der Waals surface area (Å²) in [6, 6.07) is 6.51. The maximum absolute atomic E-state index is 14.1. The van der Waals surface area contributed by atoms with Gasteiger partial charge >= 0.3 is 12.0 Å². The smallest absolute Gasteiger partial charge is 0.328 e. The maximum Gasteiger partial charge on any atom is 0.328 e. The Morgan fingerprint density at radius 1 is 0.940 bits per heavy atom. The van der Waals surface area contributed by atoms with Gasteiger partial charge in [0.05, 0.1) is 43.7 Å². The van der Waals surface area contributed by atoms with Gasteiger partial charge in [-0.15, -0.1) is 0 Å². The van der Waals surface area contributed by atoms with Crippen LogP contribution in [0.25, 0.3) is 0 Å². The van der Waals surface area contributed by atoms with Crippen LogP contribution in [0.3, 0.4) is 0 Å². The van der Waals surface area contributed by atoms with Gasteiger partial charge < -0.3 is 39.5 Å². The standard InChI is InChI=1S/C37H61N5O8/c1-12-24(4)32(41(8)35(45)31(23(2)3)39-37(47)40(6)7)29(48-9)22-30(43)42-20-16-19-28(42)33(49-10)25(5)34(44)38-27(36(46)50-11)21-26-17-14-13-15-18-26/h13-15,17-18,23-25,27-29,31-33H,12,16,19-22H2,1-11H3,(H,38,44)(H,39,47)/t24-,25+,27-,28?,29+,31-,32-,33+/m0/s1. The van der Waals surface area contributed by atoms with Crippen molar-refractivity contribution in [3.05, 3.63) is 35.9 Å². The number of benzene rings is 1. The van der Waals surface area contributed by atoms with Crippen molar-refractivity contribution in [1.82, 2.24) is 25.3 Å². The Morgan fingerprint density at radius 2 is 1.58 bits per heavy atom. The van der Waals surface area contributed by atoms with E-state index in [4.69, 9.17) is 14.2 Å². The summed E-state index contributed by atoms with van der Waals surface area (Å²) in [5.41, 5.74) is 0.875. The molecule has 0 radical (unpaired) electrons. The zero-order valence-electron chi connectivity index (χ0n) is 31.9. The molecule has 13 nitrogen and oxygen atoms in total. The number of urea groups is 1. The highest BCUT2D eigenvalue weighted by Gasteiger charge is 2.43. The highest BCUT2D eigenvalue weighted by atomic mass is 16.5. The van der Waals surface area contributed by atoms with Gasteiger partial charge in [0.1, 0.15) is 12.1 Å². The quantitative estimate of drug-likeness (QED) is 0.222. The molecule has 50 heavy (non-hydrogen) atoms. The molecule has 5 amide bonds. The minimum atomic E-state index is -0.887. The first-order chi connectivity index (χ1) is 23.6. The number of carbonyl (C=O) groups excluding carboxylic acids is 5. The second-order valence-electron chi connectivity index (χ2n) is 13.9. The topological polar surface area (TPSA) is 147 Å². The molecule has 1 aromatic rings. The summed E-state index contributed by atoms with van der Waals surface area (Å²) in [6.45, 7) is 10.0. The summed E-state index contributed by atoms with van der Waals surface area (Å²) in [7, 11) is 9.29. The molecule has 1 aromatic carbocycles. The summed E-state index contributed by atoms with van der Waals surface area (Å²) in [5, 5.41) is 5.68. The van der Waals surface area contributed by atoms with Crippen LogP contribution in [0.1, 0.15) is 65.9 Å². The number of likely N-dealkylation sites (tertiary alicyclic amines) is 1. The second kappa shape index (κ2) is 20.2. The molecular weight excluding hydrogens is 642 g/mol. The van der Waals surface area contributed by atoms with E-state index in [1.807, 2.05) is 58.0 Å². The summed E-state index contributed by atoms with van der Waals surface area (Å²) in [4.78, 5) is 71.4. The van der Waals surface area contributed by atoms with E-state index in [0.29, 0.717) is 13.0 Å². The summed E-state index contributed by atoms with van der Waals surface area (Å²) >= 11 is 0. The molecule has 0 aromatic heterocycles. The third kappa shape index (κ3) is 11.1. The SMILES string of the molecule is CC[C@H](C)[C@@H]([C@@H](CC(=O)N1CCCC1[C@H](OC)[C@@H](C)C(=O)N[C@@H](Cc1ccccc1)C(=O)OC)OC)N(C)C(=O)[C@@H](NC(=O)N(C)C)C(C)C. The van der Waals surface area contributed by atoms with Gasteiger partial charge in [-0.3, -0.25) is 14.4 Å². The van der Waals surface area contributed by atoms with Crippen LogP contribution in [-0.2, 0) is 39.8 Å². The van der Waals surface area contributed by atoms with Crippen LogP contribution < -0.4 is 10.6 Å². The molecular formula is C37H61N5O8. The Morgan fingerprint density at radius 3 is 2.10 bits per heavy atom. The van der Waals surface area contributed by atoms with E-state index < -0.39 is 42.2 Å². The number of nitrogens with one attached hydrogen (secondary N) is 2. The Labute approximate surface area is 298 Å². The van der Waals surface area contributed by atoms with Gasteiger partial charge in [0.2, 0.25) is 17.7 Å². The number of carbonyl (C=O) groups is 5. The largest absolute Gasteiger partial charge is 0.467 e. The minimum Gasteiger partial charge on any atom is -0.467 e. The third-order valence-corrected chi connectivity index (χ3v) is 9.96. The van der Waals surface area contributed by atoms with E-state index in [1.165, 1.54) is 19.1 Å². The first-order valence-electron chi connectivity index (χ1n) is 17.6. The molecule has 2 N–H and O–H groups in total. The monoisotopic (exact) mass is 703 g/mol. The first-order valence-corrected chi connectivity index (χ1v) is 17.6. The number of hydrogen-bond donors (Lipinski definition) is 2. The fourth-order valence-corrected chi connectivity index (χ4v) is 6.79. The van der Waals surface area contributed by atoms with Crippen molar-refractivity contribution in [1.29, 1.82) is 0 Å². The highest BCUT2D eigenvalue weighted by Crippen LogP contribution is 2.29. The lowest BCUT2D eigenvalue weighted by Gasteiger charge is -2.41. The molecule has 1 unspecified atom stereocenters. The highest BCUT2D eigenvalue weighted by molar-refractivity contribution is 5.88. The van der Waals surface area contributed by atoms with Crippen molar-refractivity contribution in [2.24, 2.45) is 17.8 Å². The van der Waals surface area contributed by atoms with Crippen LogP contribution in [0, 0.1) is 17.8 Å². The van der Waals surface area contributed by atoms with E-state index in [9.17, 15) is 24.0 Å². The predicted molar refractivity (Wildman–Crippen MR) is 191 cm³/mol. The molecule has 0 spiro atoms. The van der Waals surface area contributed by atoms with Crippen LogP contribution in [0.15, 0.2) is 30.3 Å². The number of methoxy groups -OCH3 is 3. The van der Waals surface area contributed by atoms with E-state index in [2.05, 4.69) is 10.6 Å².